The van der Waals surface area contributed by atoms with E-state index >= 15 is 0 Å². The number of hydrogen-bond acceptors (Lipinski definition) is 4. The van der Waals surface area contributed by atoms with Gasteiger partial charge in [-0.1, -0.05) is 12.2 Å². The molecule has 0 saturated carbocycles. The van der Waals surface area contributed by atoms with E-state index in [4.69, 9.17) is 11.6 Å². The molecule has 116 valence electrons. The van der Waals surface area contributed by atoms with Crippen LogP contribution in [0, 0.1) is 30.9 Å². The summed E-state index contributed by atoms with van der Waals surface area (Å²) in [6.07, 6.45) is 3.19. The highest BCUT2D eigenvalue weighted by Crippen LogP contribution is 2.31. The number of alkyl halides is 1. The lowest BCUT2D eigenvalue weighted by Gasteiger charge is -2.13. The van der Waals surface area contributed by atoms with E-state index in [2.05, 4.69) is 4.72 Å². The van der Waals surface area contributed by atoms with Gasteiger partial charge in [0.05, 0.1) is 9.82 Å². The van der Waals surface area contributed by atoms with Crippen molar-refractivity contribution in [3.05, 3.63) is 45.0 Å². The summed E-state index contributed by atoms with van der Waals surface area (Å²) < 4.78 is 27.0. The standard InChI is InChI=1S/C13H17ClN2O4S/c1-9-8-10(2)13(11(3)12(9)16(17)18)21(19,20)15-7-5-4-6-14/h4-5,8,15H,6-7H2,1-3H3/b5-4+. The van der Waals surface area contributed by atoms with Gasteiger partial charge in [-0.25, -0.2) is 13.1 Å². The summed E-state index contributed by atoms with van der Waals surface area (Å²) in [5.74, 6) is 0.287. The maximum atomic E-state index is 12.3. The molecule has 6 nitrogen and oxygen atoms in total. The molecule has 0 atom stereocenters. The van der Waals surface area contributed by atoms with Gasteiger partial charge in [0.15, 0.2) is 0 Å². The molecule has 0 heterocycles. The Kier molecular flexibility index (Phi) is 5.88. The Morgan fingerprint density at radius 1 is 1.29 bits per heavy atom. The molecule has 8 heteroatoms. The van der Waals surface area contributed by atoms with Gasteiger partial charge in [0.25, 0.3) is 5.69 Å². The number of halogens is 1. The molecule has 1 aromatic rings. The van der Waals surface area contributed by atoms with E-state index in [0.29, 0.717) is 11.1 Å². The lowest BCUT2D eigenvalue weighted by Crippen LogP contribution is -2.25. The minimum atomic E-state index is -3.82. The summed E-state index contributed by atoms with van der Waals surface area (Å²) in [6.45, 7) is 4.73. The number of nitrogens with one attached hydrogen (secondary N) is 1. The SMILES string of the molecule is Cc1cc(C)c(S(=O)(=O)NC/C=C/CCl)c(C)c1[N+](=O)[O-]. The maximum absolute atomic E-state index is 12.3. The molecule has 0 radical (unpaired) electrons. The van der Waals surface area contributed by atoms with Crippen LogP contribution in [0.4, 0.5) is 5.69 Å². The number of aryl methyl sites for hydroxylation is 2. The third-order valence-corrected chi connectivity index (χ3v) is 4.85. The quantitative estimate of drug-likeness (QED) is 0.375. The zero-order valence-corrected chi connectivity index (χ0v) is 13.6. The highest BCUT2D eigenvalue weighted by Gasteiger charge is 2.27. The smallest absolute Gasteiger partial charge is 0.258 e. The molecule has 0 spiro atoms. The average molecular weight is 333 g/mol. The summed E-state index contributed by atoms with van der Waals surface area (Å²) in [5.41, 5.74) is 0.893. The Hall–Kier alpha value is -1.44. The predicted molar refractivity (Wildman–Crippen MR) is 82.4 cm³/mol. The van der Waals surface area contributed by atoms with Gasteiger partial charge < -0.3 is 0 Å². The average Bonchev–Trinajstić information content (AvgIpc) is 2.32. The molecule has 0 fully saturated rings. The van der Waals surface area contributed by atoms with Crippen LogP contribution < -0.4 is 4.72 Å². The zero-order chi connectivity index (χ0) is 16.2. The molecule has 0 bridgehead atoms. The van der Waals surface area contributed by atoms with Crippen LogP contribution >= 0.6 is 11.6 Å². The molecule has 0 amide bonds. The van der Waals surface area contributed by atoms with Gasteiger partial charge in [-0.05, 0) is 32.4 Å². The van der Waals surface area contributed by atoms with E-state index < -0.39 is 14.9 Å². The maximum Gasteiger partial charge on any atom is 0.276 e. The van der Waals surface area contributed by atoms with Gasteiger partial charge in [-0.15, -0.1) is 11.6 Å². The number of nitro groups is 1. The number of nitro benzene ring substituents is 1. The molecule has 1 aromatic carbocycles. The van der Waals surface area contributed by atoms with Gasteiger partial charge in [0.1, 0.15) is 0 Å². The van der Waals surface area contributed by atoms with Crippen molar-refractivity contribution in [2.24, 2.45) is 0 Å². The lowest BCUT2D eigenvalue weighted by atomic mass is 10.1. The van der Waals surface area contributed by atoms with Gasteiger partial charge in [-0.3, -0.25) is 10.1 Å². The molecule has 0 aliphatic carbocycles. The van der Waals surface area contributed by atoms with Crippen LogP contribution in [0.15, 0.2) is 23.1 Å². The first-order chi connectivity index (χ1) is 9.72. The number of allylic oxidation sites excluding steroid dienone is 1. The van der Waals surface area contributed by atoms with Crippen molar-refractivity contribution in [2.45, 2.75) is 25.7 Å². The Balaban J connectivity index is 3.33. The fraction of sp³-hybridized carbons (Fsp3) is 0.385. The number of hydrogen-bond donors (Lipinski definition) is 1. The molecule has 0 saturated heterocycles. The molecule has 1 N–H and O–H groups in total. The number of rotatable bonds is 6. The van der Waals surface area contributed by atoms with Crippen molar-refractivity contribution in [1.82, 2.24) is 4.72 Å². The topological polar surface area (TPSA) is 89.3 Å². The predicted octanol–water partition coefficient (Wildman–Crippen LogP) is 2.59. The van der Waals surface area contributed by atoms with E-state index in [1.165, 1.54) is 13.0 Å². The summed E-state index contributed by atoms with van der Waals surface area (Å²) >= 11 is 5.45. The summed E-state index contributed by atoms with van der Waals surface area (Å²) in [7, 11) is -3.82. The van der Waals surface area contributed by atoms with Crippen LogP contribution in [0.1, 0.15) is 16.7 Å². The van der Waals surface area contributed by atoms with Crippen molar-refractivity contribution in [2.75, 3.05) is 12.4 Å². The van der Waals surface area contributed by atoms with E-state index in [0.717, 1.165) is 0 Å². The van der Waals surface area contributed by atoms with Crippen LogP contribution in [-0.4, -0.2) is 25.8 Å². The molecule has 0 unspecified atom stereocenters. The van der Waals surface area contributed by atoms with Gasteiger partial charge >= 0.3 is 0 Å². The van der Waals surface area contributed by atoms with Crippen molar-refractivity contribution < 1.29 is 13.3 Å². The summed E-state index contributed by atoms with van der Waals surface area (Å²) in [6, 6.07) is 1.51. The third kappa shape index (κ3) is 4.03. The second kappa shape index (κ2) is 7.02. The Bertz CT molecular complexity index is 684. The Morgan fingerprint density at radius 3 is 2.43 bits per heavy atom. The van der Waals surface area contributed by atoms with E-state index in [1.807, 2.05) is 0 Å². The van der Waals surface area contributed by atoms with Gasteiger partial charge in [-0.2, -0.15) is 0 Å². The molecule has 0 aromatic heterocycles. The Morgan fingerprint density at radius 2 is 1.90 bits per heavy atom. The highest BCUT2D eigenvalue weighted by atomic mass is 35.5. The Labute approximate surface area is 129 Å². The van der Waals surface area contributed by atoms with E-state index in [-0.39, 0.29) is 28.6 Å². The van der Waals surface area contributed by atoms with E-state index in [9.17, 15) is 18.5 Å². The monoisotopic (exact) mass is 332 g/mol. The summed E-state index contributed by atoms with van der Waals surface area (Å²) in [5, 5.41) is 11.1. The van der Waals surface area contributed by atoms with Crippen molar-refractivity contribution in [3.63, 3.8) is 0 Å². The van der Waals surface area contributed by atoms with Crippen LogP contribution in [-0.2, 0) is 10.0 Å². The van der Waals surface area contributed by atoms with Crippen LogP contribution in [0.2, 0.25) is 0 Å². The molecule has 21 heavy (non-hydrogen) atoms. The van der Waals surface area contributed by atoms with Crippen molar-refractivity contribution in [1.29, 1.82) is 0 Å². The van der Waals surface area contributed by atoms with Crippen LogP contribution in [0.25, 0.3) is 0 Å². The first-order valence-electron chi connectivity index (χ1n) is 6.18. The van der Waals surface area contributed by atoms with Crippen molar-refractivity contribution in [3.8, 4) is 0 Å². The molecular weight excluding hydrogens is 316 g/mol. The normalized spacial score (nSPS) is 12.0. The molecular formula is C13H17ClN2O4S. The lowest BCUT2D eigenvalue weighted by molar-refractivity contribution is -0.386. The fourth-order valence-corrected chi connectivity index (χ4v) is 3.80. The van der Waals surface area contributed by atoms with Gasteiger partial charge in [0.2, 0.25) is 10.0 Å². The first kappa shape index (κ1) is 17.6. The number of benzene rings is 1. The fourth-order valence-electron chi connectivity index (χ4n) is 2.23. The van der Waals surface area contributed by atoms with Crippen LogP contribution in [0.3, 0.4) is 0 Å². The number of sulfonamides is 1. The number of nitrogens with zero attached hydrogens (tertiary/aromatic N) is 1. The van der Waals surface area contributed by atoms with Gasteiger partial charge in [0, 0.05) is 23.6 Å². The minimum Gasteiger partial charge on any atom is -0.258 e. The third-order valence-electron chi connectivity index (χ3n) is 2.96. The second-order valence-electron chi connectivity index (χ2n) is 4.55. The highest BCUT2D eigenvalue weighted by molar-refractivity contribution is 7.89. The molecule has 0 aliphatic rings. The first-order valence-corrected chi connectivity index (χ1v) is 8.20. The van der Waals surface area contributed by atoms with Crippen LogP contribution in [0.5, 0.6) is 0 Å². The van der Waals surface area contributed by atoms with E-state index in [1.54, 1.807) is 26.0 Å². The minimum absolute atomic E-state index is 0.0425. The summed E-state index contributed by atoms with van der Waals surface area (Å²) in [4.78, 5) is 10.5. The largest absolute Gasteiger partial charge is 0.276 e. The molecule has 1 rings (SSSR count). The zero-order valence-electron chi connectivity index (χ0n) is 12.0. The second-order valence-corrected chi connectivity index (χ2v) is 6.56. The molecule has 0 aliphatic heterocycles. The van der Waals surface area contributed by atoms with Crippen molar-refractivity contribution >= 4 is 27.3 Å².